The summed E-state index contributed by atoms with van der Waals surface area (Å²) < 4.78 is 0. The second-order valence-corrected chi connectivity index (χ2v) is 7.82. The number of aromatic nitrogens is 1. The summed E-state index contributed by atoms with van der Waals surface area (Å²) in [4.78, 5) is 21.9. The average Bonchev–Trinajstić information content (AvgIpc) is 3.00. The molecular formula is C17H28N4OS. The van der Waals surface area contributed by atoms with Crippen LogP contribution in [0.25, 0.3) is 0 Å². The van der Waals surface area contributed by atoms with E-state index in [-0.39, 0.29) is 12.0 Å². The lowest BCUT2D eigenvalue weighted by molar-refractivity contribution is -0.141. The minimum absolute atomic E-state index is 0.159. The number of nitrogens with two attached hydrogens (primary N) is 1. The van der Waals surface area contributed by atoms with Crippen LogP contribution in [0.4, 0.5) is 5.13 Å². The Morgan fingerprint density at radius 1 is 1.35 bits per heavy atom. The lowest BCUT2D eigenvalue weighted by Crippen LogP contribution is -2.54. The number of amides is 1. The van der Waals surface area contributed by atoms with Crippen molar-refractivity contribution in [2.24, 2.45) is 17.6 Å². The molecule has 3 heterocycles. The normalized spacial score (nSPS) is 26.6. The third kappa shape index (κ3) is 3.53. The number of aryl methyl sites for hydroxylation is 1. The monoisotopic (exact) mass is 336 g/mol. The van der Waals surface area contributed by atoms with Crippen molar-refractivity contribution in [3.05, 3.63) is 11.1 Å². The number of carbonyl (C=O) groups is 1. The summed E-state index contributed by atoms with van der Waals surface area (Å²) in [5.41, 5.74) is 7.02. The van der Waals surface area contributed by atoms with E-state index < -0.39 is 0 Å². The molecule has 6 heteroatoms. The van der Waals surface area contributed by atoms with Gasteiger partial charge in [0.25, 0.3) is 0 Å². The maximum absolute atomic E-state index is 13.0. The van der Waals surface area contributed by atoms with Crippen molar-refractivity contribution in [3.63, 3.8) is 0 Å². The van der Waals surface area contributed by atoms with Crippen LogP contribution in [0.2, 0.25) is 0 Å². The van der Waals surface area contributed by atoms with E-state index in [1.807, 2.05) is 6.92 Å². The standard InChI is InChI=1S/C17H28N4OS/c1-12-4-3-7-21(15(12)10-18)16(22)14-5-8-20(9-6-14)17-19-13(2)11-23-17/h11-12,14-15H,3-10,18H2,1-2H3/t12-,15+/m1/s1. The molecule has 2 atom stereocenters. The highest BCUT2D eigenvalue weighted by atomic mass is 32.1. The Labute approximate surface area is 142 Å². The minimum Gasteiger partial charge on any atom is -0.348 e. The summed E-state index contributed by atoms with van der Waals surface area (Å²) in [6, 6.07) is 0.232. The van der Waals surface area contributed by atoms with Gasteiger partial charge in [0.05, 0.1) is 5.69 Å². The molecule has 1 aromatic rings. The number of hydrogen-bond acceptors (Lipinski definition) is 5. The molecule has 1 aromatic heterocycles. The van der Waals surface area contributed by atoms with Gasteiger partial charge in [0.1, 0.15) is 0 Å². The number of thiazole rings is 1. The summed E-state index contributed by atoms with van der Waals surface area (Å²) in [5.74, 6) is 1.02. The molecule has 2 aliphatic rings. The highest BCUT2D eigenvalue weighted by Gasteiger charge is 2.35. The van der Waals surface area contributed by atoms with Crippen molar-refractivity contribution in [2.45, 2.75) is 45.6 Å². The lowest BCUT2D eigenvalue weighted by Gasteiger charge is -2.42. The van der Waals surface area contributed by atoms with Gasteiger partial charge in [-0.1, -0.05) is 6.92 Å². The number of rotatable bonds is 3. The molecule has 0 unspecified atom stereocenters. The second kappa shape index (κ2) is 7.18. The number of piperidine rings is 2. The molecule has 2 saturated heterocycles. The molecule has 0 radical (unpaired) electrons. The van der Waals surface area contributed by atoms with Gasteiger partial charge >= 0.3 is 0 Å². The molecule has 1 amide bonds. The second-order valence-electron chi connectivity index (χ2n) is 6.99. The number of nitrogens with zero attached hydrogens (tertiary/aromatic N) is 3. The molecule has 0 bridgehead atoms. The maximum atomic E-state index is 13.0. The highest BCUT2D eigenvalue weighted by molar-refractivity contribution is 7.13. The van der Waals surface area contributed by atoms with Gasteiger partial charge in [-0.2, -0.15) is 0 Å². The molecule has 23 heavy (non-hydrogen) atoms. The van der Waals surface area contributed by atoms with Gasteiger partial charge in [-0.05, 0) is 38.5 Å². The Kier molecular flexibility index (Phi) is 5.21. The molecule has 0 aliphatic carbocycles. The fourth-order valence-corrected chi connectivity index (χ4v) is 4.78. The van der Waals surface area contributed by atoms with Crippen LogP contribution in [0.1, 0.15) is 38.3 Å². The smallest absolute Gasteiger partial charge is 0.226 e. The van der Waals surface area contributed by atoms with Crippen molar-refractivity contribution >= 4 is 22.4 Å². The van der Waals surface area contributed by atoms with Gasteiger partial charge in [0.2, 0.25) is 5.91 Å². The summed E-state index contributed by atoms with van der Waals surface area (Å²) in [5, 5.41) is 3.19. The van der Waals surface area contributed by atoms with E-state index in [1.54, 1.807) is 11.3 Å². The van der Waals surface area contributed by atoms with E-state index in [4.69, 9.17) is 5.73 Å². The first-order valence-corrected chi connectivity index (χ1v) is 9.65. The minimum atomic E-state index is 0.159. The quantitative estimate of drug-likeness (QED) is 0.920. The van der Waals surface area contributed by atoms with E-state index in [9.17, 15) is 4.79 Å². The summed E-state index contributed by atoms with van der Waals surface area (Å²) >= 11 is 1.70. The zero-order valence-corrected chi connectivity index (χ0v) is 15.0. The Balaban J connectivity index is 1.59. The molecule has 3 rings (SSSR count). The SMILES string of the molecule is Cc1csc(N2CCC(C(=O)N3CCC[C@@H](C)[C@@H]3CN)CC2)n1. The van der Waals surface area contributed by atoms with Crippen LogP contribution >= 0.6 is 11.3 Å². The van der Waals surface area contributed by atoms with Gasteiger partial charge in [-0.3, -0.25) is 4.79 Å². The third-order valence-electron chi connectivity index (χ3n) is 5.36. The van der Waals surface area contributed by atoms with Crippen molar-refractivity contribution < 1.29 is 4.79 Å². The van der Waals surface area contributed by atoms with Gasteiger partial charge in [-0.15, -0.1) is 11.3 Å². The fourth-order valence-electron chi connectivity index (χ4n) is 3.92. The largest absolute Gasteiger partial charge is 0.348 e. The predicted octanol–water partition coefficient (Wildman–Crippen LogP) is 2.25. The van der Waals surface area contributed by atoms with Crippen molar-refractivity contribution in [1.29, 1.82) is 0 Å². The van der Waals surface area contributed by atoms with E-state index in [2.05, 4.69) is 27.1 Å². The molecule has 0 saturated carbocycles. The first-order valence-electron chi connectivity index (χ1n) is 8.77. The molecule has 2 N–H and O–H groups in total. The summed E-state index contributed by atoms with van der Waals surface area (Å²) in [7, 11) is 0. The first kappa shape index (κ1) is 16.7. The van der Waals surface area contributed by atoms with Gasteiger partial charge in [0.15, 0.2) is 5.13 Å². The van der Waals surface area contributed by atoms with Crippen LogP contribution in [0.5, 0.6) is 0 Å². The molecule has 0 aromatic carbocycles. The average molecular weight is 337 g/mol. The van der Waals surface area contributed by atoms with E-state index >= 15 is 0 Å². The number of anilines is 1. The van der Waals surface area contributed by atoms with Gasteiger partial charge < -0.3 is 15.5 Å². The van der Waals surface area contributed by atoms with E-state index in [0.29, 0.717) is 18.4 Å². The zero-order chi connectivity index (χ0) is 16.4. The molecular weight excluding hydrogens is 308 g/mol. The number of hydrogen-bond donors (Lipinski definition) is 1. The third-order valence-corrected chi connectivity index (χ3v) is 6.38. The van der Waals surface area contributed by atoms with Crippen LogP contribution in [0.3, 0.4) is 0 Å². The molecule has 2 fully saturated rings. The van der Waals surface area contributed by atoms with Crippen LogP contribution in [-0.2, 0) is 4.79 Å². The van der Waals surface area contributed by atoms with Gasteiger partial charge in [0, 0.05) is 43.5 Å². The highest BCUT2D eigenvalue weighted by Crippen LogP contribution is 2.30. The molecule has 5 nitrogen and oxygen atoms in total. The summed E-state index contributed by atoms with van der Waals surface area (Å²) in [6.07, 6.45) is 4.16. The fraction of sp³-hybridized carbons (Fsp3) is 0.765. The molecule has 2 aliphatic heterocycles. The molecule has 0 spiro atoms. The predicted molar refractivity (Wildman–Crippen MR) is 94.7 cm³/mol. The van der Waals surface area contributed by atoms with Crippen LogP contribution in [0, 0.1) is 18.8 Å². The van der Waals surface area contributed by atoms with E-state index in [0.717, 1.165) is 49.7 Å². The lowest BCUT2D eigenvalue weighted by atomic mass is 9.88. The van der Waals surface area contributed by atoms with Gasteiger partial charge in [-0.25, -0.2) is 4.98 Å². The topological polar surface area (TPSA) is 62.5 Å². The van der Waals surface area contributed by atoms with Crippen LogP contribution in [0.15, 0.2) is 5.38 Å². The van der Waals surface area contributed by atoms with Crippen molar-refractivity contribution in [3.8, 4) is 0 Å². The Hall–Kier alpha value is -1.14. The van der Waals surface area contributed by atoms with Crippen molar-refractivity contribution in [2.75, 3.05) is 31.1 Å². The van der Waals surface area contributed by atoms with Crippen LogP contribution < -0.4 is 10.6 Å². The maximum Gasteiger partial charge on any atom is 0.226 e. The van der Waals surface area contributed by atoms with E-state index in [1.165, 1.54) is 6.42 Å². The first-order chi connectivity index (χ1) is 11.1. The number of likely N-dealkylation sites (tertiary alicyclic amines) is 1. The van der Waals surface area contributed by atoms with Crippen molar-refractivity contribution in [1.82, 2.24) is 9.88 Å². The Morgan fingerprint density at radius 3 is 2.70 bits per heavy atom. The zero-order valence-electron chi connectivity index (χ0n) is 14.2. The molecule has 128 valence electrons. The Bertz CT molecular complexity index is 538. The Morgan fingerprint density at radius 2 is 2.09 bits per heavy atom. The number of carbonyl (C=O) groups excluding carboxylic acids is 1. The summed E-state index contributed by atoms with van der Waals surface area (Å²) in [6.45, 7) is 7.59. The van der Waals surface area contributed by atoms with Crippen LogP contribution in [-0.4, -0.2) is 48.0 Å².